The second-order valence-electron chi connectivity index (χ2n) is 8.16. The molecule has 0 unspecified atom stereocenters. The lowest BCUT2D eigenvalue weighted by atomic mass is 10.1. The molecule has 1 saturated heterocycles. The highest BCUT2D eigenvalue weighted by molar-refractivity contribution is 6.04. The van der Waals surface area contributed by atoms with E-state index in [2.05, 4.69) is 10.2 Å². The molecule has 0 saturated carbocycles. The largest absolute Gasteiger partial charge is 0.380 e. The third-order valence-electron chi connectivity index (χ3n) is 5.60. The number of aliphatic hydroxyl groups is 1. The summed E-state index contributed by atoms with van der Waals surface area (Å²) in [6.07, 6.45) is -2.28. The first kappa shape index (κ1) is 24.9. The van der Waals surface area contributed by atoms with Crippen molar-refractivity contribution in [2.75, 3.05) is 37.5 Å². The second kappa shape index (κ2) is 10.9. The summed E-state index contributed by atoms with van der Waals surface area (Å²) in [4.78, 5) is 44.2. The van der Waals surface area contributed by atoms with Crippen LogP contribution in [0.25, 0.3) is 4.85 Å². The molecule has 1 aliphatic rings. The zero-order valence-electron chi connectivity index (χ0n) is 19.4. The van der Waals surface area contributed by atoms with E-state index in [1.165, 1.54) is 9.80 Å². The topological polar surface area (TPSA) is 104 Å². The highest BCUT2D eigenvalue weighted by atomic mass is 16.5. The summed E-state index contributed by atoms with van der Waals surface area (Å²) in [6.45, 7) is 9.50. The Morgan fingerprint density at radius 2 is 2.06 bits per heavy atom. The number of ether oxygens (including phenoxy) is 1. The van der Waals surface area contributed by atoms with Crippen LogP contribution in [0.2, 0.25) is 0 Å². The monoisotopic (exact) mass is 464 g/mol. The van der Waals surface area contributed by atoms with Crippen molar-refractivity contribution in [3.05, 3.63) is 65.0 Å². The molecular formula is C25H28N4O5. The van der Waals surface area contributed by atoms with Gasteiger partial charge in [-0.05, 0) is 41.8 Å². The number of aliphatic hydroxyl groups excluding tert-OH is 1. The summed E-state index contributed by atoms with van der Waals surface area (Å²) < 4.78 is 5.47. The van der Waals surface area contributed by atoms with Crippen molar-refractivity contribution in [3.8, 4) is 0 Å². The summed E-state index contributed by atoms with van der Waals surface area (Å²) >= 11 is 0. The van der Waals surface area contributed by atoms with Gasteiger partial charge in [-0.2, -0.15) is 0 Å². The van der Waals surface area contributed by atoms with E-state index in [-0.39, 0.29) is 25.5 Å². The van der Waals surface area contributed by atoms with Gasteiger partial charge in [-0.1, -0.05) is 25.1 Å². The molecule has 9 heteroatoms. The van der Waals surface area contributed by atoms with Gasteiger partial charge < -0.3 is 25.0 Å². The number of rotatable bonds is 7. The summed E-state index contributed by atoms with van der Waals surface area (Å²) in [6, 6.07) is 11.9. The van der Waals surface area contributed by atoms with E-state index in [4.69, 9.17) is 11.3 Å². The average Bonchev–Trinajstić information content (AvgIpc) is 2.83. The summed E-state index contributed by atoms with van der Waals surface area (Å²) in [5.74, 6) is -1.38. The molecule has 2 aromatic rings. The third kappa shape index (κ3) is 5.60. The fraction of sp³-hybridized carbons (Fsp3) is 0.360. The molecule has 0 radical (unpaired) electrons. The number of morpholine rings is 1. The number of hydrogen-bond acceptors (Lipinski definition) is 5. The van der Waals surface area contributed by atoms with Crippen molar-refractivity contribution in [2.24, 2.45) is 0 Å². The van der Waals surface area contributed by atoms with E-state index >= 15 is 0 Å². The Hall–Kier alpha value is -3.74. The molecule has 0 aromatic heterocycles. The zero-order chi connectivity index (χ0) is 24.8. The lowest BCUT2D eigenvalue weighted by Crippen LogP contribution is -2.55. The summed E-state index contributed by atoms with van der Waals surface area (Å²) in [5.41, 5.74) is 3.01. The maximum absolute atomic E-state index is 13.1. The van der Waals surface area contributed by atoms with Crippen molar-refractivity contribution < 1.29 is 24.2 Å². The average molecular weight is 465 g/mol. The summed E-state index contributed by atoms with van der Waals surface area (Å²) in [5, 5.41) is 13.2. The molecule has 2 N–H and O–H groups in total. The van der Waals surface area contributed by atoms with Crippen LogP contribution < -0.4 is 10.2 Å². The van der Waals surface area contributed by atoms with Gasteiger partial charge in [0.25, 0.3) is 11.8 Å². The molecule has 0 spiro atoms. The predicted molar refractivity (Wildman–Crippen MR) is 128 cm³/mol. The van der Waals surface area contributed by atoms with Crippen LogP contribution in [-0.2, 0) is 32.0 Å². The molecule has 1 heterocycles. The number of aryl methyl sites for hydroxylation is 1. The van der Waals surface area contributed by atoms with Crippen LogP contribution in [0.15, 0.2) is 42.5 Å². The normalized spacial score (nSPS) is 16.5. The van der Waals surface area contributed by atoms with Gasteiger partial charge in [0.2, 0.25) is 5.91 Å². The lowest BCUT2D eigenvalue weighted by molar-refractivity contribution is -0.150. The van der Waals surface area contributed by atoms with Gasteiger partial charge in [-0.15, -0.1) is 0 Å². The van der Waals surface area contributed by atoms with Gasteiger partial charge in [0.1, 0.15) is 0 Å². The second-order valence-corrected chi connectivity index (χ2v) is 8.16. The standard InChI is InChI=1S/C25H28N4O5/c1-5-17-15-18(9-10-20(17)26-2)27-24(32)22(31)23-25(33)29(11-12-34-23)19-8-6-7-16(13-19)14-21(30)28(3)4/h6-10,13,15,22-23,31H,5,11-12,14H2,1,3-4H3,(H,27,32)/t22-,23-/m1/s1. The van der Waals surface area contributed by atoms with Gasteiger partial charge in [-0.3, -0.25) is 14.4 Å². The van der Waals surface area contributed by atoms with Crippen LogP contribution in [0.4, 0.5) is 17.1 Å². The quantitative estimate of drug-likeness (QED) is 0.612. The SMILES string of the molecule is [C-]#[N+]c1ccc(NC(=O)[C@H](O)[C@H]2OCCN(c3cccc(CC(=O)N(C)C)c3)C2=O)cc1CC. The lowest BCUT2D eigenvalue weighted by Gasteiger charge is -2.34. The number of carbonyl (C=O) groups excluding carboxylic acids is 3. The van der Waals surface area contributed by atoms with Gasteiger partial charge in [0, 0.05) is 32.0 Å². The molecular weight excluding hydrogens is 436 g/mol. The first-order valence-electron chi connectivity index (χ1n) is 11.0. The number of benzene rings is 2. The van der Waals surface area contributed by atoms with Gasteiger partial charge in [-0.25, -0.2) is 4.85 Å². The van der Waals surface area contributed by atoms with E-state index in [0.717, 1.165) is 11.1 Å². The van der Waals surface area contributed by atoms with Crippen LogP contribution in [0.3, 0.4) is 0 Å². The maximum atomic E-state index is 13.1. The molecule has 0 bridgehead atoms. The first-order valence-corrected chi connectivity index (χ1v) is 11.0. The number of carbonyl (C=O) groups is 3. The number of amides is 3. The van der Waals surface area contributed by atoms with Gasteiger partial charge >= 0.3 is 0 Å². The fourth-order valence-electron chi connectivity index (χ4n) is 3.66. The first-order chi connectivity index (χ1) is 16.2. The molecule has 1 fully saturated rings. The van der Waals surface area contributed by atoms with Crippen molar-refractivity contribution in [3.63, 3.8) is 0 Å². The Kier molecular flexibility index (Phi) is 7.99. The van der Waals surface area contributed by atoms with Crippen LogP contribution in [-0.4, -0.2) is 67.2 Å². The van der Waals surface area contributed by atoms with Gasteiger partial charge in [0.05, 0.1) is 19.6 Å². The van der Waals surface area contributed by atoms with Crippen molar-refractivity contribution in [2.45, 2.75) is 32.0 Å². The minimum Gasteiger partial charge on any atom is -0.380 e. The molecule has 9 nitrogen and oxygen atoms in total. The van der Waals surface area contributed by atoms with E-state index < -0.39 is 24.0 Å². The molecule has 2 atom stereocenters. The third-order valence-corrected chi connectivity index (χ3v) is 5.60. The maximum Gasteiger partial charge on any atom is 0.259 e. The van der Waals surface area contributed by atoms with E-state index in [0.29, 0.717) is 23.5 Å². The Balaban J connectivity index is 1.72. The highest BCUT2D eigenvalue weighted by Gasteiger charge is 2.39. The minimum atomic E-state index is -1.72. The van der Waals surface area contributed by atoms with E-state index in [9.17, 15) is 19.5 Å². The van der Waals surface area contributed by atoms with Crippen LogP contribution in [0.5, 0.6) is 0 Å². The Labute approximate surface area is 198 Å². The number of anilines is 2. The Bertz CT molecular complexity index is 1120. The van der Waals surface area contributed by atoms with Crippen molar-refractivity contribution in [1.29, 1.82) is 0 Å². The fourth-order valence-corrected chi connectivity index (χ4v) is 3.66. The molecule has 34 heavy (non-hydrogen) atoms. The van der Waals surface area contributed by atoms with E-state index in [1.54, 1.807) is 56.6 Å². The zero-order valence-corrected chi connectivity index (χ0v) is 19.4. The minimum absolute atomic E-state index is 0.0638. The number of hydrogen-bond donors (Lipinski definition) is 2. The number of nitrogens with one attached hydrogen (secondary N) is 1. The van der Waals surface area contributed by atoms with Crippen LogP contribution >= 0.6 is 0 Å². The predicted octanol–water partition coefficient (Wildman–Crippen LogP) is 2.16. The summed E-state index contributed by atoms with van der Waals surface area (Å²) in [7, 11) is 3.35. The van der Waals surface area contributed by atoms with Crippen molar-refractivity contribution in [1.82, 2.24) is 4.90 Å². The van der Waals surface area contributed by atoms with Crippen molar-refractivity contribution >= 4 is 34.8 Å². The molecule has 3 rings (SSSR count). The molecule has 1 aliphatic heterocycles. The molecule has 2 aromatic carbocycles. The highest BCUT2D eigenvalue weighted by Crippen LogP contribution is 2.25. The van der Waals surface area contributed by atoms with Crippen LogP contribution in [0, 0.1) is 6.57 Å². The molecule has 178 valence electrons. The molecule has 0 aliphatic carbocycles. The molecule has 3 amide bonds. The smallest absolute Gasteiger partial charge is 0.259 e. The Morgan fingerprint density at radius 3 is 2.74 bits per heavy atom. The Morgan fingerprint density at radius 1 is 1.29 bits per heavy atom. The van der Waals surface area contributed by atoms with Gasteiger partial charge in [0.15, 0.2) is 17.9 Å². The van der Waals surface area contributed by atoms with E-state index in [1.807, 2.05) is 6.92 Å². The number of likely N-dealkylation sites (N-methyl/N-ethyl adjacent to an activating group) is 1. The van der Waals surface area contributed by atoms with Crippen LogP contribution in [0.1, 0.15) is 18.1 Å². The number of nitrogens with zero attached hydrogens (tertiary/aromatic N) is 3.